The molecule has 0 aliphatic carbocycles. The Morgan fingerprint density at radius 3 is 2.72 bits per heavy atom. The summed E-state index contributed by atoms with van der Waals surface area (Å²) in [5.41, 5.74) is 1.64. The molecule has 0 saturated heterocycles. The van der Waals surface area contributed by atoms with Gasteiger partial charge in [-0.15, -0.1) is 0 Å². The fraction of sp³-hybridized carbons (Fsp3) is 0.100. The summed E-state index contributed by atoms with van der Waals surface area (Å²) >= 11 is 3.22. The van der Waals surface area contributed by atoms with Crippen molar-refractivity contribution in [1.29, 1.82) is 0 Å². The molecular formula is C20H13BrF2N4O2. The van der Waals surface area contributed by atoms with Gasteiger partial charge in [0.2, 0.25) is 0 Å². The van der Waals surface area contributed by atoms with Crippen molar-refractivity contribution in [3.8, 4) is 22.5 Å². The molecule has 0 bridgehead atoms. The zero-order chi connectivity index (χ0) is 20.5. The smallest absolute Gasteiger partial charge is 0.357 e. The quantitative estimate of drug-likeness (QED) is 0.415. The van der Waals surface area contributed by atoms with Crippen molar-refractivity contribution in [1.82, 2.24) is 19.6 Å². The number of carbonyl (C=O) groups is 1. The van der Waals surface area contributed by atoms with Crippen molar-refractivity contribution in [2.24, 2.45) is 0 Å². The highest BCUT2D eigenvalue weighted by molar-refractivity contribution is 9.10. The number of hydrogen-bond donors (Lipinski definition) is 0. The van der Waals surface area contributed by atoms with Gasteiger partial charge in [-0.1, -0.05) is 15.9 Å². The van der Waals surface area contributed by atoms with Crippen LogP contribution in [0.3, 0.4) is 0 Å². The summed E-state index contributed by atoms with van der Waals surface area (Å²) in [6.45, 7) is 1.86. The van der Waals surface area contributed by atoms with Gasteiger partial charge in [0.25, 0.3) is 0 Å². The molecule has 1 aromatic carbocycles. The molecule has 3 heterocycles. The fourth-order valence-corrected chi connectivity index (χ4v) is 3.20. The molecule has 0 N–H and O–H groups in total. The summed E-state index contributed by atoms with van der Waals surface area (Å²) < 4.78 is 35.2. The Bertz CT molecular complexity index is 1240. The second-order valence-corrected chi connectivity index (χ2v) is 6.98. The molecule has 0 atom stereocenters. The van der Waals surface area contributed by atoms with Gasteiger partial charge < -0.3 is 4.74 Å². The molecule has 0 fully saturated rings. The first-order chi connectivity index (χ1) is 14.0. The third kappa shape index (κ3) is 3.73. The predicted molar refractivity (Wildman–Crippen MR) is 105 cm³/mol. The van der Waals surface area contributed by atoms with Crippen LogP contribution in [0, 0.1) is 11.6 Å². The van der Waals surface area contributed by atoms with Gasteiger partial charge in [0.05, 0.1) is 24.2 Å². The van der Waals surface area contributed by atoms with Crippen LogP contribution in [-0.4, -0.2) is 32.2 Å². The van der Waals surface area contributed by atoms with E-state index in [1.54, 1.807) is 25.1 Å². The van der Waals surface area contributed by atoms with Crippen LogP contribution >= 0.6 is 15.9 Å². The summed E-state index contributed by atoms with van der Waals surface area (Å²) in [7, 11) is 0. The Hall–Kier alpha value is -3.20. The van der Waals surface area contributed by atoms with E-state index in [0.717, 1.165) is 6.20 Å². The lowest BCUT2D eigenvalue weighted by molar-refractivity contribution is 0.0519. The lowest BCUT2D eigenvalue weighted by Gasteiger charge is -2.08. The average Bonchev–Trinajstić information content (AvgIpc) is 3.11. The van der Waals surface area contributed by atoms with Crippen molar-refractivity contribution in [2.45, 2.75) is 6.92 Å². The summed E-state index contributed by atoms with van der Waals surface area (Å²) in [5, 5.41) is 4.42. The van der Waals surface area contributed by atoms with E-state index in [1.807, 2.05) is 0 Å². The molecule has 0 unspecified atom stereocenters. The Morgan fingerprint density at radius 1 is 1.17 bits per heavy atom. The van der Waals surface area contributed by atoms with E-state index >= 15 is 0 Å². The van der Waals surface area contributed by atoms with Crippen molar-refractivity contribution in [3.63, 3.8) is 0 Å². The molecule has 0 aliphatic rings. The van der Waals surface area contributed by atoms with Crippen LogP contribution in [0.5, 0.6) is 0 Å². The number of carbonyl (C=O) groups excluding carboxylic acids is 1. The SMILES string of the molecule is CCOC(=O)c1cc(-c2cncc(F)c2)n2nc(-c3ccc(Br)cc3F)cc2n1. The second-order valence-electron chi connectivity index (χ2n) is 6.06. The monoisotopic (exact) mass is 458 g/mol. The largest absolute Gasteiger partial charge is 0.461 e. The number of ether oxygens (including phenoxy) is 1. The lowest BCUT2D eigenvalue weighted by Crippen LogP contribution is -2.09. The van der Waals surface area contributed by atoms with E-state index in [1.165, 1.54) is 28.9 Å². The van der Waals surface area contributed by atoms with Gasteiger partial charge in [-0.2, -0.15) is 5.10 Å². The zero-order valence-electron chi connectivity index (χ0n) is 15.1. The minimum atomic E-state index is -0.627. The highest BCUT2D eigenvalue weighted by Crippen LogP contribution is 2.28. The summed E-state index contributed by atoms with van der Waals surface area (Å²) in [5.74, 6) is -1.64. The highest BCUT2D eigenvalue weighted by atomic mass is 79.9. The van der Waals surface area contributed by atoms with E-state index in [9.17, 15) is 13.6 Å². The normalized spacial score (nSPS) is 11.0. The predicted octanol–water partition coefficient (Wildman–Crippen LogP) is 4.68. The highest BCUT2D eigenvalue weighted by Gasteiger charge is 2.18. The van der Waals surface area contributed by atoms with Crippen molar-refractivity contribution in [2.75, 3.05) is 6.61 Å². The van der Waals surface area contributed by atoms with Gasteiger partial charge in [0.1, 0.15) is 11.6 Å². The van der Waals surface area contributed by atoms with Crippen LogP contribution in [0.4, 0.5) is 8.78 Å². The summed E-state index contributed by atoms with van der Waals surface area (Å²) in [6.07, 6.45) is 2.51. The first-order valence-electron chi connectivity index (χ1n) is 8.60. The minimum Gasteiger partial charge on any atom is -0.461 e. The number of aromatic nitrogens is 4. The van der Waals surface area contributed by atoms with Crippen LogP contribution in [0.1, 0.15) is 17.4 Å². The maximum absolute atomic E-state index is 14.4. The van der Waals surface area contributed by atoms with Gasteiger partial charge in [0, 0.05) is 27.9 Å². The molecule has 9 heteroatoms. The lowest BCUT2D eigenvalue weighted by atomic mass is 10.1. The standard InChI is InChI=1S/C20H13BrF2N4O2/c1-2-29-20(28)17-7-18(11-5-13(22)10-24-9-11)27-19(25-17)8-16(26-27)14-4-3-12(21)6-15(14)23/h3-10H,2H2,1H3. The van der Waals surface area contributed by atoms with Gasteiger partial charge in [-0.05, 0) is 37.3 Å². The molecule has 0 aliphatic heterocycles. The fourth-order valence-electron chi connectivity index (χ4n) is 2.87. The minimum absolute atomic E-state index is 0.0290. The number of rotatable bonds is 4. The van der Waals surface area contributed by atoms with E-state index in [-0.39, 0.29) is 23.5 Å². The van der Waals surface area contributed by atoms with Crippen LogP contribution in [0.2, 0.25) is 0 Å². The summed E-state index contributed by atoms with van der Waals surface area (Å²) in [4.78, 5) is 20.4. The van der Waals surface area contributed by atoms with Crippen LogP contribution < -0.4 is 0 Å². The number of nitrogens with zero attached hydrogens (tertiary/aromatic N) is 4. The van der Waals surface area contributed by atoms with Gasteiger partial charge in [-0.25, -0.2) is 23.1 Å². The Labute approximate surface area is 172 Å². The van der Waals surface area contributed by atoms with Crippen molar-refractivity contribution in [3.05, 3.63) is 70.6 Å². The summed E-state index contributed by atoms with van der Waals surface area (Å²) in [6, 6.07) is 8.85. The van der Waals surface area contributed by atoms with E-state index in [2.05, 4.69) is 31.0 Å². The third-order valence-corrected chi connectivity index (χ3v) is 4.61. The van der Waals surface area contributed by atoms with Gasteiger partial charge >= 0.3 is 5.97 Å². The number of halogens is 3. The molecule has 29 heavy (non-hydrogen) atoms. The number of pyridine rings is 1. The maximum Gasteiger partial charge on any atom is 0.357 e. The number of esters is 1. The second kappa shape index (κ2) is 7.67. The van der Waals surface area contributed by atoms with Crippen molar-refractivity contribution < 1.29 is 18.3 Å². The number of benzene rings is 1. The average molecular weight is 459 g/mol. The Balaban J connectivity index is 1.96. The molecule has 6 nitrogen and oxygen atoms in total. The first kappa shape index (κ1) is 19.1. The van der Waals surface area contributed by atoms with Crippen molar-refractivity contribution >= 4 is 27.5 Å². The molecule has 0 radical (unpaired) electrons. The molecule has 0 saturated carbocycles. The number of hydrogen-bond acceptors (Lipinski definition) is 5. The molecule has 4 aromatic rings. The molecule has 4 rings (SSSR count). The Morgan fingerprint density at radius 2 is 2.00 bits per heavy atom. The van der Waals surface area contributed by atoms with Crippen LogP contribution in [0.25, 0.3) is 28.2 Å². The van der Waals surface area contributed by atoms with Gasteiger partial charge in [-0.3, -0.25) is 4.98 Å². The van der Waals surface area contributed by atoms with Crippen LogP contribution in [0.15, 0.2) is 53.3 Å². The van der Waals surface area contributed by atoms with Crippen LogP contribution in [-0.2, 0) is 4.74 Å². The Kier molecular flexibility index (Phi) is 5.06. The van der Waals surface area contributed by atoms with E-state index in [4.69, 9.17) is 4.74 Å². The van der Waals surface area contributed by atoms with Gasteiger partial charge in [0.15, 0.2) is 11.3 Å². The maximum atomic E-state index is 14.4. The molecular weight excluding hydrogens is 446 g/mol. The van der Waals surface area contributed by atoms with E-state index in [0.29, 0.717) is 21.4 Å². The number of fused-ring (bicyclic) bond motifs is 1. The zero-order valence-corrected chi connectivity index (χ0v) is 16.7. The van der Waals surface area contributed by atoms with E-state index < -0.39 is 17.6 Å². The molecule has 0 amide bonds. The molecule has 3 aromatic heterocycles. The first-order valence-corrected chi connectivity index (χ1v) is 9.40. The molecule has 0 spiro atoms. The topological polar surface area (TPSA) is 69.4 Å². The molecule has 146 valence electrons. The third-order valence-electron chi connectivity index (χ3n) is 4.12.